The predicted molar refractivity (Wildman–Crippen MR) is 140 cm³/mol. The van der Waals surface area contributed by atoms with Crippen LogP contribution in [0.25, 0.3) is 6.08 Å². The number of benzene rings is 3. The Bertz CT molecular complexity index is 1140. The third kappa shape index (κ3) is 5.48. The smallest absolute Gasteiger partial charge is 0.323 e. The van der Waals surface area contributed by atoms with Crippen LogP contribution in [-0.4, -0.2) is 24.1 Å². The van der Waals surface area contributed by atoms with Crippen molar-refractivity contribution in [3.63, 3.8) is 0 Å². The summed E-state index contributed by atoms with van der Waals surface area (Å²) in [5.74, 6) is -0.341. The van der Waals surface area contributed by atoms with Crippen molar-refractivity contribution in [2.75, 3.05) is 12.8 Å². The summed E-state index contributed by atoms with van der Waals surface area (Å²) in [6, 6.07) is 33.5. The van der Waals surface area contributed by atoms with Gasteiger partial charge in [0, 0.05) is 0 Å². The van der Waals surface area contributed by atoms with E-state index >= 15 is 0 Å². The van der Waals surface area contributed by atoms with Gasteiger partial charge in [0.05, 0.1) is 30.2 Å². The lowest BCUT2D eigenvalue weighted by Gasteiger charge is -2.39. The highest BCUT2D eigenvalue weighted by atomic mass is 16.5. The number of ether oxygens (including phenoxy) is 1. The average Bonchev–Trinajstić information content (AvgIpc) is 2.93. The Labute approximate surface area is 206 Å². The number of pyridine rings is 1. The van der Waals surface area contributed by atoms with E-state index in [9.17, 15) is 4.79 Å². The highest BCUT2D eigenvalue weighted by Crippen LogP contribution is 2.37. The Hall–Kier alpha value is -4.22. The van der Waals surface area contributed by atoms with Crippen LogP contribution in [0.3, 0.4) is 0 Å². The molecule has 0 aliphatic carbocycles. The maximum absolute atomic E-state index is 13.0. The highest BCUT2D eigenvalue weighted by Gasteiger charge is 2.39. The number of nitrogens with two attached hydrogens (primary N) is 1. The topological polar surface area (TPSA) is 77.2 Å². The minimum atomic E-state index is -0.782. The second-order valence-electron chi connectivity index (χ2n) is 8.22. The number of carbonyl (C=O) groups excluding carboxylic acids is 1. The summed E-state index contributed by atoms with van der Waals surface area (Å²) < 4.78 is 5.22. The normalized spacial score (nSPS) is 12.4. The number of nitrogens with one attached hydrogen (secondary N) is 1. The molecule has 0 saturated heterocycles. The lowest BCUT2D eigenvalue weighted by atomic mass is 9.76. The first-order chi connectivity index (χ1) is 17.1. The second-order valence-corrected chi connectivity index (χ2v) is 8.22. The van der Waals surface area contributed by atoms with E-state index in [0.29, 0.717) is 12.1 Å². The van der Waals surface area contributed by atoms with Gasteiger partial charge in [-0.1, -0.05) is 97.1 Å². The largest absolute Gasteiger partial charge is 0.468 e. The van der Waals surface area contributed by atoms with Crippen molar-refractivity contribution in [3.05, 3.63) is 138 Å². The Kier molecular flexibility index (Phi) is 7.70. The molecule has 0 aliphatic rings. The number of methoxy groups -OCH3 is 1. The summed E-state index contributed by atoms with van der Waals surface area (Å²) >= 11 is 0. The van der Waals surface area contributed by atoms with Gasteiger partial charge in [0.25, 0.3) is 0 Å². The number of nitrogens with zero attached hydrogens (tertiary/aromatic N) is 1. The molecule has 0 aliphatic heterocycles. The molecule has 1 atom stereocenters. The Morgan fingerprint density at radius 2 is 1.40 bits per heavy atom. The molecule has 3 aromatic carbocycles. The molecule has 0 amide bonds. The van der Waals surface area contributed by atoms with Crippen LogP contribution in [0.15, 0.2) is 115 Å². The van der Waals surface area contributed by atoms with E-state index in [1.807, 2.05) is 72.8 Å². The van der Waals surface area contributed by atoms with Crippen molar-refractivity contribution in [1.82, 2.24) is 10.3 Å². The van der Waals surface area contributed by atoms with E-state index in [2.05, 4.69) is 46.7 Å². The van der Waals surface area contributed by atoms with Gasteiger partial charge in [-0.3, -0.25) is 15.1 Å². The number of anilines is 1. The fraction of sp³-hybridized carbons (Fsp3) is 0.133. The monoisotopic (exact) mass is 463 g/mol. The molecule has 5 heteroatoms. The Morgan fingerprint density at radius 1 is 0.886 bits per heavy atom. The molecule has 4 rings (SSSR count). The molecule has 0 fully saturated rings. The minimum absolute atomic E-state index is 0.341. The van der Waals surface area contributed by atoms with Crippen LogP contribution in [0.4, 0.5) is 5.69 Å². The number of esters is 1. The van der Waals surface area contributed by atoms with Gasteiger partial charge in [0.15, 0.2) is 0 Å². The summed E-state index contributed by atoms with van der Waals surface area (Å²) in [4.78, 5) is 17.3. The van der Waals surface area contributed by atoms with Gasteiger partial charge in [-0.2, -0.15) is 0 Å². The molecule has 176 valence electrons. The molecule has 0 bridgehead atoms. The van der Waals surface area contributed by atoms with Gasteiger partial charge in [-0.05, 0) is 41.3 Å². The van der Waals surface area contributed by atoms with Crippen molar-refractivity contribution in [3.8, 4) is 0 Å². The van der Waals surface area contributed by atoms with Crippen LogP contribution in [0, 0.1) is 0 Å². The number of aromatic nitrogens is 1. The second kappa shape index (κ2) is 11.3. The van der Waals surface area contributed by atoms with Crippen molar-refractivity contribution < 1.29 is 9.53 Å². The summed E-state index contributed by atoms with van der Waals surface area (Å²) in [5, 5.41) is 3.70. The van der Waals surface area contributed by atoms with Crippen LogP contribution in [0.5, 0.6) is 0 Å². The Balaban J connectivity index is 1.79. The van der Waals surface area contributed by atoms with Crippen molar-refractivity contribution >= 4 is 17.7 Å². The fourth-order valence-corrected chi connectivity index (χ4v) is 4.27. The van der Waals surface area contributed by atoms with Crippen molar-refractivity contribution in [2.24, 2.45) is 0 Å². The molecule has 0 unspecified atom stereocenters. The molecule has 4 aromatic rings. The lowest BCUT2D eigenvalue weighted by Crippen LogP contribution is -2.52. The summed E-state index contributed by atoms with van der Waals surface area (Å²) in [6.07, 6.45) is 5.83. The quantitative estimate of drug-likeness (QED) is 0.264. The zero-order valence-electron chi connectivity index (χ0n) is 19.7. The molecular weight excluding hydrogens is 434 g/mol. The number of hydrogen-bond donors (Lipinski definition) is 2. The van der Waals surface area contributed by atoms with Crippen LogP contribution in [-0.2, 0) is 15.1 Å². The number of carbonyl (C=O) groups is 1. The van der Waals surface area contributed by atoms with Gasteiger partial charge in [0.1, 0.15) is 6.04 Å². The van der Waals surface area contributed by atoms with E-state index in [1.165, 1.54) is 7.11 Å². The Morgan fingerprint density at radius 3 is 1.83 bits per heavy atom. The maximum Gasteiger partial charge on any atom is 0.323 e. The molecule has 35 heavy (non-hydrogen) atoms. The highest BCUT2D eigenvalue weighted by molar-refractivity contribution is 5.76. The zero-order valence-corrected chi connectivity index (χ0v) is 19.7. The molecule has 0 spiro atoms. The van der Waals surface area contributed by atoms with Crippen LogP contribution < -0.4 is 11.1 Å². The van der Waals surface area contributed by atoms with Crippen LogP contribution >= 0.6 is 0 Å². The van der Waals surface area contributed by atoms with Gasteiger partial charge in [-0.15, -0.1) is 0 Å². The van der Waals surface area contributed by atoms with Crippen LogP contribution in [0.2, 0.25) is 0 Å². The van der Waals surface area contributed by atoms with Gasteiger partial charge in [0.2, 0.25) is 0 Å². The molecule has 0 saturated carbocycles. The standard InChI is InChI=1S/C30H29N3O2/c1-35-29(34)28(19-11-18-27-21-20-26(31)22-32-27)33-30(23-12-5-2-6-13-23,24-14-7-3-8-15-24)25-16-9-4-10-17-25/h2-18,20-22,28,33H,19,31H2,1H3/b18-11+/t28-/m0/s1. The van der Waals surface area contributed by atoms with Gasteiger partial charge >= 0.3 is 5.97 Å². The van der Waals surface area contributed by atoms with Gasteiger partial charge < -0.3 is 10.5 Å². The predicted octanol–water partition coefficient (Wildman–Crippen LogP) is 5.19. The first-order valence-electron chi connectivity index (χ1n) is 11.5. The number of rotatable bonds is 9. The molecule has 1 aromatic heterocycles. The van der Waals surface area contributed by atoms with E-state index in [4.69, 9.17) is 10.5 Å². The molecule has 5 nitrogen and oxygen atoms in total. The molecule has 3 N–H and O–H groups in total. The SMILES string of the molecule is COC(=O)[C@H](C/C=C/c1ccc(N)cn1)NC(c1ccccc1)(c1ccccc1)c1ccccc1. The maximum atomic E-state index is 13.0. The molecule has 1 heterocycles. The van der Waals surface area contributed by atoms with Crippen molar-refractivity contribution in [2.45, 2.75) is 18.0 Å². The van der Waals surface area contributed by atoms with E-state index < -0.39 is 11.6 Å². The van der Waals surface area contributed by atoms with E-state index in [-0.39, 0.29) is 5.97 Å². The summed E-state index contributed by atoms with van der Waals surface area (Å²) in [5.41, 5.74) is 9.40. The van der Waals surface area contributed by atoms with Gasteiger partial charge in [-0.25, -0.2) is 0 Å². The van der Waals surface area contributed by atoms with Crippen LogP contribution in [0.1, 0.15) is 28.8 Å². The fourth-order valence-electron chi connectivity index (χ4n) is 4.27. The van der Waals surface area contributed by atoms with E-state index in [0.717, 1.165) is 22.4 Å². The third-order valence-corrected chi connectivity index (χ3v) is 5.97. The summed E-state index contributed by atoms with van der Waals surface area (Å²) in [7, 11) is 1.41. The molecule has 0 radical (unpaired) electrons. The van der Waals surface area contributed by atoms with E-state index in [1.54, 1.807) is 12.3 Å². The lowest BCUT2D eigenvalue weighted by molar-refractivity contribution is -0.143. The number of hydrogen-bond acceptors (Lipinski definition) is 5. The first kappa shape index (κ1) is 23.9. The summed E-state index contributed by atoms with van der Waals surface area (Å²) in [6.45, 7) is 0. The zero-order chi connectivity index (χ0) is 24.5. The number of nitrogen functional groups attached to an aromatic ring is 1. The average molecular weight is 464 g/mol. The molecular formula is C30H29N3O2. The van der Waals surface area contributed by atoms with Crippen molar-refractivity contribution in [1.29, 1.82) is 0 Å². The third-order valence-electron chi connectivity index (χ3n) is 5.97. The minimum Gasteiger partial charge on any atom is -0.468 e. The first-order valence-corrected chi connectivity index (χ1v) is 11.5.